The van der Waals surface area contributed by atoms with Crippen LogP contribution >= 0.6 is 11.6 Å². The molecule has 0 radical (unpaired) electrons. The van der Waals surface area contributed by atoms with E-state index in [1.807, 2.05) is 0 Å². The largest absolute Gasteiger partial charge is 0.271 e. The molecule has 1 N–H and O–H groups in total. The molecule has 3 nitrogen and oxygen atoms in total. The van der Waals surface area contributed by atoms with E-state index in [9.17, 15) is 4.79 Å². The molecule has 0 saturated carbocycles. The molecule has 0 saturated heterocycles. The maximum absolute atomic E-state index is 10.9. The lowest BCUT2D eigenvalue weighted by atomic mass is 9.98. The number of alkyl halides is 1. The van der Waals surface area contributed by atoms with Crippen molar-refractivity contribution < 1.29 is 9.63 Å². The summed E-state index contributed by atoms with van der Waals surface area (Å²) < 4.78 is 0. The van der Waals surface area contributed by atoms with Crippen molar-refractivity contribution in [3.05, 3.63) is 34.9 Å². The number of carbonyl (C=O) groups is 1. The van der Waals surface area contributed by atoms with Gasteiger partial charge in [-0.05, 0) is 29.5 Å². The molecule has 0 aliphatic carbocycles. The minimum absolute atomic E-state index is 0.0872. The van der Waals surface area contributed by atoms with Gasteiger partial charge in [0.1, 0.15) is 12.5 Å². The normalized spacial score (nSPS) is 10.3. The number of rotatable bonds is 6. The zero-order valence-corrected chi connectivity index (χ0v) is 11.0. The SMILES string of the molecule is CCc1cccc(CC)c1CONC(=O)CCl. The molecule has 0 aromatic heterocycles. The van der Waals surface area contributed by atoms with Crippen LogP contribution in [0.2, 0.25) is 0 Å². The quantitative estimate of drug-likeness (QED) is 0.627. The molecule has 0 aliphatic heterocycles. The highest BCUT2D eigenvalue weighted by Crippen LogP contribution is 2.17. The maximum atomic E-state index is 10.9. The van der Waals surface area contributed by atoms with Gasteiger partial charge in [-0.25, -0.2) is 5.48 Å². The van der Waals surface area contributed by atoms with E-state index in [1.54, 1.807) is 0 Å². The minimum atomic E-state index is -0.321. The monoisotopic (exact) mass is 255 g/mol. The van der Waals surface area contributed by atoms with Crippen molar-refractivity contribution in [1.82, 2.24) is 5.48 Å². The summed E-state index contributed by atoms with van der Waals surface area (Å²) in [6.07, 6.45) is 1.91. The molecule has 1 amide bonds. The molecule has 94 valence electrons. The highest BCUT2D eigenvalue weighted by molar-refractivity contribution is 6.27. The summed E-state index contributed by atoms with van der Waals surface area (Å²) in [6.45, 7) is 4.60. The number of hydroxylamine groups is 1. The summed E-state index contributed by atoms with van der Waals surface area (Å²) in [5.41, 5.74) is 5.98. The van der Waals surface area contributed by atoms with Crippen molar-refractivity contribution in [3.8, 4) is 0 Å². The van der Waals surface area contributed by atoms with E-state index in [0.29, 0.717) is 6.61 Å². The fourth-order valence-corrected chi connectivity index (χ4v) is 1.81. The average Bonchev–Trinajstić information content (AvgIpc) is 2.38. The van der Waals surface area contributed by atoms with Gasteiger partial charge in [-0.15, -0.1) is 11.6 Å². The number of nitrogens with one attached hydrogen (secondary N) is 1. The van der Waals surface area contributed by atoms with E-state index in [4.69, 9.17) is 16.4 Å². The average molecular weight is 256 g/mol. The number of hydrogen-bond acceptors (Lipinski definition) is 2. The Kier molecular flexibility index (Phi) is 6.01. The lowest BCUT2D eigenvalue weighted by Crippen LogP contribution is -2.24. The Morgan fingerprint density at radius 1 is 1.29 bits per heavy atom. The van der Waals surface area contributed by atoms with Gasteiger partial charge in [0, 0.05) is 0 Å². The summed E-state index contributed by atoms with van der Waals surface area (Å²) in [5, 5.41) is 0. The van der Waals surface area contributed by atoms with Crippen LogP contribution in [0.25, 0.3) is 0 Å². The predicted molar refractivity (Wildman–Crippen MR) is 68.8 cm³/mol. The second-order valence-electron chi connectivity index (χ2n) is 3.71. The van der Waals surface area contributed by atoms with Crippen LogP contribution in [0, 0.1) is 0 Å². The molecule has 0 spiro atoms. The number of halogens is 1. The molecular weight excluding hydrogens is 238 g/mol. The topological polar surface area (TPSA) is 38.3 Å². The van der Waals surface area contributed by atoms with Crippen molar-refractivity contribution in [2.24, 2.45) is 0 Å². The number of carbonyl (C=O) groups excluding carboxylic acids is 1. The van der Waals surface area contributed by atoms with E-state index in [0.717, 1.165) is 18.4 Å². The van der Waals surface area contributed by atoms with Crippen LogP contribution in [0.4, 0.5) is 0 Å². The third-order valence-corrected chi connectivity index (χ3v) is 2.90. The first kappa shape index (κ1) is 14.0. The van der Waals surface area contributed by atoms with Gasteiger partial charge >= 0.3 is 0 Å². The fourth-order valence-electron chi connectivity index (χ4n) is 1.75. The number of benzene rings is 1. The van der Waals surface area contributed by atoms with E-state index < -0.39 is 0 Å². The van der Waals surface area contributed by atoms with Gasteiger partial charge in [-0.2, -0.15) is 0 Å². The Hall–Kier alpha value is -1.06. The van der Waals surface area contributed by atoms with Gasteiger partial charge < -0.3 is 0 Å². The molecule has 0 aliphatic rings. The van der Waals surface area contributed by atoms with Gasteiger partial charge in [0.15, 0.2) is 0 Å². The molecule has 1 aromatic rings. The molecule has 17 heavy (non-hydrogen) atoms. The lowest BCUT2D eigenvalue weighted by molar-refractivity contribution is -0.131. The second kappa shape index (κ2) is 7.30. The van der Waals surface area contributed by atoms with Gasteiger partial charge in [0.25, 0.3) is 5.91 Å². The van der Waals surface area contributed by atoms with Crippen LogP contribution in [0.15, 0.2) is 18.2 Å². The van der Waals surface area contributed by atoms with Gasteiger partial charge in [-0.3, -0.25) is 9.63 Å². The zero-order chi connectivity index (χ0) is 12.7. The second-order valence-corrected chi connectivity index (χ2v) is 3.98. The lowest BCUT2D eigenvalue weighted by Gasteiger charge is -2.13. The van der Waals surface area contributed by atoms with Crippen molar-refractivity contribution in [1.29, 1.82) is 0 Å². The summed E-state index contributed by atoms with van der Waals surface area (Å²) in [7, 11) is 0. The first-order chi connectivity index (χ1) is 8.22. The highest BCUT2D eigenvalue weighted by Gasteiger charge is 2.07. The molecule has 0 heterocycles. The van der Waals surface area contributed by atoms with E-state index in [1.165, 1.54) is 11.1 Å². The molecule has 1 aromatic carbocycles. The number of hydrogen-bond donors (Lipinski definition) is 1. The predicted octanol–water partition coefficient (Wildman–Crippen LogP) is 2.60. The number of aryl methyl sites for hydroxylation is 2. The fraction of sp³-hybridized carbons (Fsp3) is 0.462. The Balaban J connectivity index is 2.71. The Labute approximate surface area is 107 Å². The highest BCUT2D eigenvalue weighted by atomic mass is 35.5. The van der Waals surface area contributed by atoms with Crippen LogP contribution in [-0.4, -0.2) is 11.8 Å². The molecule has 0 atom stereocenters. The van der Waals surface area contributed by atoms with Gasteiger partial charge in [-0.1, -0.05) is 32.0 Å². The van der Waals surface area contributed by atoms with Gasteiger partial charge in [0.05, 0.1) is 0 Å². The smallest absolute Gasteiger partial charge is 0.258 e. The van der Waals surface area contributed by atoms with Crippen LogP contribution < -0.4 is 5.48 Å². The van der Waals surface area contributed by atoms with Crippen LogP contribution in [0.5, 0.6) is 0 Å². The summed E-state index contributed by atoms with van der Waals surface area (Å²) in [6, 6.07) is 6.22. The van der Waals surface area contributed by atoms with Crippen LogP contribution in [0.3, 0.4) is 0 Å². The maximum Gasteiger partial charge on any atom is 0.258 e. The third kappa shape index (κ3) is 4.02. The van der Waals surface area contributed by atoms with Crippen molar-refractivity contribution >= 4 is 17.5 Å². The molecule has 0 fully saturated rings. The third-order valence-electron chi connectivity index (χ3n) is 2.66. The van der Waals surface area contributed by atoms with Crippen molar-refractivity contribution in [2.45, 2.75) is 33.3 Å². The Morgan fingerprint density at radius 3 is 2.35 bits per heavy atom. The standard InChI is InChI=1S/C13H18ClNO2/c1-3-10-6-5-7-11(4-2)12(10)9-17-15-13(16)8-14/h5-7H,3-4,8-9H2,1-2H3,(H,15,16). The van der Waals surface area contributed by atoms with Crippen molar-refractivity contribution in [3.63, 3.8) is 0 Å². The molecule has 0 bridgehead atoms. The zero-order valence-electron chi connectivity index (χ0n) is 10.3. The van der Waals surface area contributed by atoms with Gasteiger partial charge in [0.2, 0.25) is 0 Å². The van der Waals surface area contributed by atoms with Crippen molar-refractivity contribution in [2.75, 3.05) is 5.88 Å². The summed E-state index contributed by atoms with van der Waals surface area (Å²) in [4.78, 5) is 16.1. The van der Waals surface area contributed by atoms with E-state index >= 15 is 0 Å². The Bertz CT molecular complexity index is 357. The van der Waals surface area contributed by atoms with Crippen LogP contribution in [0.1, 0.15) is 30.5 Å². The summed E-state index contributed by atoms with van der Waals surface area (Å²) >= 11 is 5.36. The Morgan fingerprint density at radius 2 is 1.88 bits per heavy atom. The van der Waals surface area contributed by atoms with E-state index in [-0.39, 0.29) is 11.8 Å². The first-order valence-corrected chi connectivity index (χ1v) is 6.32. The molecule has 0 unspecified atom stereocenters. The number of amides is 1. The molecule has 4 heteroatoms. The molecule has 1 rings (SSSR count). The molecular formula is C13H18ClNO2. The first-order valence-electron chi connectivity index (χ1n) is 5.79. The van der Waals surface area contributed by atoms with E-state index in [2.05, 4.69) is 37.5 Å². The minimum Gasteiger partial charge on any atom is -0.271 e. The summed E-state index contributed by atoms with van der Waals surface area (Å²) in [5.74, 6) is -0.408. The van der Waals surface area contributed by atoms with Crippen LogP contribution in [-0.2, 0) is 29.1 Å².